The summed E-state index contributed by atoms with van der Waals surface area (Å²) in [7, 11) is 0. The zero-order valence-corrected chi connectivity index (χ0v) is 14.0. The molecule has 8 heteroatoms. The van der Waals surface area contributed by atoms with Gasteiger partial charge in [-0.1, -0.05) is 12.1 Å². The Morgan fingerprint density at radius 2 is 2.08 bits per heavy atom. The predicted molar refractivity (Wildman–Crippen MR) is 92.4 cm³/mol. The smallest absolute Gasteiger partial charge is 0.242 e. The fourth-order valence-corrected chi connectivity index (χ4v) is 2.99. The first kappa shape index (κ1) is 16.9. The zero-order chi connectivity index (χ0) is 17.6. The number of benzene rings is 1. The minimum absolute atomic E-state index is 0.0792. The number of hydrogen-bond donors (Lipinski definition) is 2. The molecule has 1 atom stereocenters. The first-order chi connectivity index (χ1) is 12.1. The van der Waals surface area contributed by atoms with Crippen molar-refractivity contribution >= 4 is 17.5 Å². The molecule has 3 rings (SSSR count). The third-order valence-corrected chi connectivity index (χ3v) is 4.39. The van der Waals surface area contributed by atoms with Crippen LogP contribution in [0.1, 0.15) is 18.4 Å². The molecular weight excluding hydrogens is 320 g/mol. The standard InChI is InChI=1S/C17H22N6O2/c18-17(25)14-2-1-7-22(9-14)15-5-3-13(4-6-15)8-20-16(24)10-23-12-19-11-21-23/h3-6,11-12,14H,1-2,7-10H2,(H2,18,25)(H,20,24)/t14-/m0/s1. The molecule has 2 heterocycles. The summed E-state index contributed by atoms with van der Waals surface area (Å²) >= 11 is 0. The van der Waals surface area contributed by atoms with Gasteiger partial charge in [0.1, 0.15) is 19.2 Å². The number of aromatic nitrogens is 3. The number of rotatable bonds is 6. The van der Waals surface area contributed by atoms with Crippen LogP contribution in [0.2, 0.25) is 0 Å². The van der Waals surface area contributed by atoms with Gasteiger partial charge >= 0.3 is 0 Å². The van der Waals surface area contributed by atoms with Crippen LogP contribution in [0, 0.1) is 5.92 Å². The van der Waals surface area contributed by atoms with Gasteiger partial charge < -0.3 is 16.0 Å². The van der Waals surface area contributed by atoms with Gasteiger partial charge in [0.15, 0.2) is 0 Å². The van der Waals surface area contributed by atoms with E-state index in [-0.39, 0.29) is 24.3 Å². The molecule has 1 aliphatic heterocycles. The van der Waals surface area contributed by atoms with Gasteiger partial charge in [0.05, 0.1) is 5.92 Å². The van der Waals surface area contributed by atoms with Gasteiger partial charge in [-0.15, -0.1) is 0 Å². The van der Waals surface area contributed by atoms with Crippen LogP contribution in [-0.2, 0) is 22.7 Å². The number of carbonyl (C=O) groups is 2. The first-order valence-electron chi connectivity index (χ1n) is 8.34. The van der Waals surface area contributed by atoms with E-state index in [9.17, 15) is 9.59 Å². The van der Waals surface area contributed by atoms with Crippen molar-refractivity contribution in [2.24, 2.45) is 11.7 Å². The highest BCUT2D eigenvalue weighted by Gasteiger charge is 2.23. The molecule has 1 aromatic heterocycles. The number of amides is 2. The van der Waals surface area contributed by atoms with E-state index in [4.69, 9.17) is 5.73 Å². The molecule has 132 valence electrons. The van der Waals surface area contributed by atoms with Gasteiger partial charge in [-0.3, -0.25) is 9.59 Å². The van der Waals surface area contributed by atoms with Crippen molar-refractivity contribution in [3.8, 4) is 0 Å². The van der Waals surface area contributed by atoms with Crippen LogP contribution in [-0.4, -0.2) is 39.7 Å². The topological polar surface area (TPSA) is 106 Å². The highest BCUT2D eigenvalue weighted by Crippen LogP contribution is 2.23. The van der Waals surface area contributed by atoms with Crippen molar-refractivity contribution in [3.05, 3.63) is 42.5 Å². The van der Waals surface area contributed by atoms with Gasteiger partial charge in [0.25, 0.3) is 0 Å². The summed E-state index contributed by atoms with van der Waals surface area (Å²) in [5.41, 5.74) is 7.52. The number of piperidine rings is 1. The maximum absolute atomic E-state index is 11.8. The van der Waals surface area contributed by atoms with E-state index < -0.39 is 0 Å². The van der Waals surface area contributed by atoms with Crippen molar-refractivity contribution in [2.45, 2.75) is 25.9 Å². The molecule has 2 aromatic rings. The lowest BCUT2D eigenvalue weighted by Gasteiger charge is -2.33. The molecule has 0 radical (unpaired) electrons. The molecule has 25 heavy (non-hydrogen) atoms. The second-order valence-electron chi connectivity index (χ2n) is 6.22. The van der Waals surface area contributed by atoms with Crippen LogP contribution in [0.3, 0.4) is 0 Å². The van der Waals surface area contributed by atoms with Crippen molar-refractivity contribution in [2.75, 3.05) is 18.0 Å². The Hall–Kier alpha value is -2.90. The number of carbonyl (C=O) groups excluding carboxylic acids is 2. The molecule has 0 aliphatic carbocycles. The van der Waals surface area contributed by atoms with Crippen LogP contribution < -0.4 is 16.0 Å². The van der Waals surface area contributed by atoms with E-state index in [0.717, 1.165) is 30.6 Å². The van der Waals surface area contributed by atoms with Crippen molar-refractivity contribution < 1.29 is 9.59 Å². The monoisotopic (exact) mass is 342 g/mol. The minimum Gasteiger partial charge on any atom is -0.371 e. The van der Waals surface area contributed by atoms with Gasteiger partial charge in [-0.05, 0) is 30.5 Å². The maximum Gasteiger partial charge on any atom is 0.242 e. The lowest BCUT2D eigenvalue weighted by molar-refractivity contribution is -0.122. The van der Waals surface area contributed by atoms with Gasteiger partial charge in [0.2, 0.25) is 11.8 Å². The summed E-state index contributed by atoms with van der Waals surface area (Å²) in [5.74, 6) is -0.421. The molecule has 2 amide bonds. The molecule has 1 fully saturated rings. The number of nitrogens with two attached hydrogens (primary N) is 1. The van der Waals surface area contributed by atoms with Gasteiger partial charge in [-0.2, -0.15) is 5.10 Å². The predicted octanol–water partition coefficient (Wildman–Crippen LogP) is 0.296. The SMILES string of the molecule is NC(=O)[C@H]1CCCN(c2ccc(CNC(=O)Cn3cncn3)cc2)C1. The van der Waals surface area contributed by atoms with E-state index in [2.05, 4.69) is 20.3 Å². The Bertz CT molecular complexity index is 713. The van der Waals surface area contributed by atoms with Crippen LogP contribution in [0.25, 0.3) is 0 Å². The molecule has 0 unspecified atom stereocenters. The average Bonchev–Trinajstić information content (AvgIpc) is 3.13. The Balaban J connectivity index is 1.51. The summed E-state index contributed by atoms with van der Waals surface area (Å²) in [6.07, 6.45) is 4.73. The summed E-state index contributed by atoms with van der Waals surface area (Å²) in [6.45, 7) is 2.21. The van der Waals surface area contributed by atoms with Gasteiger partial charge in [0, 0.05) is 25.3 Å². The van der Waals surface area contributed by atoms with Crippen LogP contribution in [0.15, 0.2) is 36.9 Å². The number of primary amides is 1. The lowest BCUT2D eigenvalue weighted by Crippen LogP contribution is -2.41. The van der Waals surface area contributed by atoms with Crippen LogP contribution >= 0.6 is 0 Å². The van der Waals surface area contributed by atoms with Crippen LogP contribution in [0.4, 0.5) is 5.69 Å². The minimum atomic E-state index is -0.226. The third kappa shape index (κ3) is 4.56. The molecule has 1 saturated heterocycles. The molecule has 8 nitrogen and oxygen atoms in total. The molecular formula is C17H22N6O2. The summed E-state index contributed by atoms with van der Waals surface area (Å²) < 4.78 is 1.48. The first-order valence-corrected chi connectivity index (χ1v) is 8.34. The molecule has 3 N–H and O–H groups in total. The molecule has 1 aromatic carbocycles. The van der Waals surface area contributed by atoms with E-state index >= 15 is 0 Å². The fraction of sp³-hybridized carbons (Fsp3) is 0.412. The highest BCUT2D eigenvalue weighted by molar-refractivity contribution is 5.77. The number of nitrogens with one attached hydrogen (secondary N) is 1. The molecule has 0 bridgehead atoms. The fourth-order valence-electron chi connectivity index (χ4n) is 2.99. The van der Waals surface area contributed by atoms with E-state index in [1.807, 2.05) is 24.3 Å². The summed E-state index contributed by atoms with van der Waals surface area (Å²) in [6, 6.07) is 8.00. The third-order valence-electron chi connectivity index (χ3n) is 4.39. The zero-order valence-electron chi connectivity index (χ0n) is 14.0. The lowest BCUT2D eigenvalue weighted by atomic mass is 9.97. The number of anilines is 1. The normalized spacial score (nSPS) is 17.3. The maximum atomic E-state index is 11.8. The average molecular weight is 342 g/mol. The Morgan fingerprint density at radius 1 is 1.28 bits per heavy atom. The Labute approximate surface area is 146 Å². The van der Waals surface area contributed by atoms with E-state index in [1.54, 1.807) is 0 Å². The van der Waals surface area contributed by atoms with Crippen molar-refractivity contribution in [3.63, 3.8) is 0 Å². The largest absolute Gasteiger partial charge is 0.371 e. The second kappa shape index (κ2) is 7.78. The van der Waals surface area contributed by atoms with Crippen molar-refractivity contribution in [1.82, 2.24) is 20.1 Å². The van der Waals surface area contributed by atoms with Crippen molar-refractivity contribution in [1.29, 1.82) is 0 Å². The highest BCUT2D eigenvalue weighted by atomic mass is 16.2. The molecule has 1 aliphatic rings. The van der Waals surface area contributed by atoms with E-state index in [1.165, 1.54) is 17.3 Å². The van der Waals surface area contributed by atoms with Gasteiger partial charge in [-0.25, -0.2) is 9.67 Å². The number of nitrogens with zero attached hydrogens (tertiary/aromatic N) is 4. The summed E-state index contributed by atoms with van der Waals surface area (Å²) in [5, 5.41) is 6.76. The van der Waals surface area contributed by atoms with E-state index in [0.29, 0.717) is 13.1 Å². The Kier molecular flexibility index (Phi) is 5.27. The number of hydrogen-bond acceptors (Lipinski definition) is 5. The van der Waals surface area contributed by atoms with Crippen LogP contribution in [0.5, 0.6) is 0 Å². The molecule has 0 spiro atoms. The Morgan fingerprint density at radius 3 is 2.76 bits per heavy atom. The molecule has 0 saturated carbocycles. The second-order valence-corrected chi connectivity index (χ2v) is 6.22. The summed E-state index contributed by atoms with van der Waals surface area (Å²) in [4.78, 5) is 29.2. The quantitative estimate of drug-likeness (QED) is 0.785.